The van der Waals surface area contributed by atoms with E-state index in [0.717, 1.165) is 22.3 Å². The van der Waals surface area contributed by atoms with Crippen LogP contribution >= 0.6 is 0 Å². The van der Waals surface area contributed by atoms with Crippen LogP contribution in [-0.2, 0) is 58.0 Å². The summed E-state index contributed by atoms with van der Waals surface area (Å²) in [6, 6.07) is 20.8. The van der Waals surface area contributed by atoms with E-state index in [1.54, 1.807) is 94.1 Å². The summed E-state index contributed by atoms with van der Waals surface area (Å²) < 4.78 is 23.5. The van der Waals surface area contributed by atoms with Crippen LogP contribution in [0.3, 0.4) is 0 Å². The van der Waals surface area contributed by atoms with Crippen molar-refractivity contribution < 1.29 is 96.4 Å². The largest absolute Gasteiger partial charge is 0.550 e. The van der Waals surface area contributed by atoms with E-state index in [1.165, 1.54) is 0 Å². The molecule has 0 heterocycles. The molecule has 4 aliphatic rings. The molecular weight excluding hydrogens is 1360 g/mol. The van der Waals surface area contributed by atoms with Crippen molar-refractivity contribution >= 4 is 104 Å². The predicted octanol–water partition coefficient (Wildman–Crippen LogP) is 13.8. The first-order valence-electron chi connectivity index (χ1n) is 33.9. The average molecular weight is 1450 g/mol. The molecule has 0 unspecified atom stereocenters. The molecule has 4 aliphatic carbocycles. The maximum Gasteiger partial charge on any atom is 0.550 e. The third-order valence-electron chi connectivity index (χ3n) is 19.9. The first-order chi connectivity index (χ1) is 48.6. The van der Waals surface area contributed by atoms with Gasteiger partial charge in [0.25, 0.3) is 0 Å². The van der Waals surface area contributed by atoms with Crippen molar-refractivity contribution in [3.05, 3.63) is 216 Å². The fourth-order valence-electron chi connectivity index (χ4n) is 15.3. The van der Waals surface area contributed by atoms with E-state index < -0.39 is 114 Å². The summed E-state index contributed by atoms with van der Waals surface area (Å²) in [6.07, 6.45) is 0.962. The number of rotatable bonds is 24. The zero-order valence-electron chi connectivity index (χ0n) is 57.8. The Morgan fingerprint density at radius 2 is 0.475 bits per heavy atom. The number of carbonyl (C=O) groups excluding carboxylic acids is 8. The van der Waals surface area contributed by atoms with Crippen LogP contribution in [0, 0.1) is 56.8 Å². The molecule has 24 heteroatoms. The Kier molecular flexibility index (Phi) is 28.2. The van der Waals surface area contributed by atoms with Crippen molar-refractivity contribution in [2.24, 2.45) is 29.1 Å². The Morgan fingerprint density at radius 1 is 0.297 bits per heavy atom. The number of ether oxygens (including phenoxy) is 4. The highest BCUT2D eigenvalue weighted by Crippen LogP contribution is 2.63. The predicted molar refractivity (Wildman–Crippen MR) is 385 cm³/mol. The zero-order chi connectivity index (χ0) is 72.9. The minimum Gasteiger partial charge on any atom is -0.428 e. The van der Waals surface area contributed by atoms with Crippen LogP contribution in [0.2, 0.25) is 0 Å². The van der Waals surface area contributed by atoms with Gasteiger partial charge < -0.3 is 18.9 Å². The van der Waals surface area contributed by atoms with E-state index in [1.807, 2.05) is 52.0 Å². The number of aryl methyl sites for hydroxylation is 4. The Balaban J connectivity index is 1.01. The molecule has 4 aromatic rings. The summed E-state index contributed by atoms with van der Waals surface area (Å²) in [5.74, 6) is -3.54. The second-order valence-corrected chi connectivity index (χ2v) is 34.9. The fourth-order valence-corrected chi connectivity index (χ4v) is 21.3. The van der Waals surface area contributed by atoms with Crippen LogP contribution in [0.5, 0.6) is 0 Å². The van der Waals surface area contributed by atoms with Gasteiger partial charge in [-0.3, -0.25) is 0 Å². The zero-order valence-corrected chi connectivity index (χ0v) is 61.8. The van der Waals surface area contributed by atoms with E-state index >= 15 is 0 Å². The SMILES string of the molecule is C=C[Si](C=C)c1cc(C)ccc1C(=O)OOC(=O)OC1CCC(C(C2CCC(OC(=O)OOC(=O)c3ccc(C)cc3[Si](C=C)C=C)CC2)(C2CCC(OC(=O)OOC(=O)c3ccc(C)cc3[Si](C=C)C=C)CC2)C2CCC(OC(=O)OOC(=O)c3ccc(C)cc3[Si](C=C)C=C)CC2)CC1. The molecule has 0 aromatic heterocycles. The van der Waals surface area contributed by atoms with Crippen LogP contribution in [0.4, 0.5) is 19.2 Å². The van der Waals surface area contributed by atoms with Crippen LogP contribution in [0.15, 0.2) is 171 Å². The van der Waals surface area contributed by atoms with Crippen molar-refractivity contribution in [3.63, 3.8) is 0 Å². The first kappa shape index (κ1) is 77.4. The van der Waals surface area contributed by atoms with Gasteiger partial charge in [0.15, 0.2) is 0 Å². The van der Waals surface area contributed by atoms with Crippen LogP contribution in [-0.4, -0.2) is 108 Å². The highest BCUT2D eigenvalue weighted by Gasteiger charge is 2.57. The fraction of sp³-hybridized carbons (Fsp3) is 0.377. The normalized spacial score (nSPS) is 20.9. The molecule has 4 saturated carbocycles. The van der Waals surface area contributed by atoms with Crippen molar-refractivity contribution in [1.29, 1.82) is 0 Å². The van der Waals surface area contributed by atoms with Gasteiger partial charge in [-0.2, -0.15) is 19.2 Å². The summed E-state index contributed by atoms with van der Waals surface area (Å²) in [5, 5.41) is 2.70. The second kappa shape index (κ2) is 36.8. The standard InChI is InChI=1S/C77H88O20Si4/c1-13-98(14-2)65-45-49(9)21-41-61(65)69(78)90-94-73(82)86-57-33-25-53(26-34-57)77(54-27-35-58(36-28-54)87-74(83)95-91-70(79)62-42-22-50(10)46-66(62)99(15-3)16-4,55-29-37-59(38-30-55)88-75(84)96-92-71(80)63-43-23-51(11)47-67(63)100(17-5)18-6)56-31-39-60(40-32-56)89-76(85)97-93-72(81)64-44-24-52(12)48-68(64)101(19-7)20-8/h13-24,41-48,53-60H,1-8,25-40H2,9-12H3. The number of hydrogen-bond acceptors (Lipinski definition) is 20. The highest BCUT2D eigenvalue weighted by atomic mass is 28.3. The monoisotopic (exact) mass is 1440 g/mol. The van der Waals surface area contributed by atoms with E-state index in [0.29, 0.717) is 123 Å². The van der Waals surface area contributed by atoms with Crippen LogP contribution in [0.25, 0.3) is 0 Å². The number of hydrogen-bond donors (Lipinski definition) is 0. The average Bonchev–Trinajstić information content (AvgIpc) is 0.732. The lowest BCUT2D eigenvalue weighted by Gasteiger charge is -2.60. The molecule has 0 bridgehead atoms. The van der Waals surface area contributed by atoms with Crippen molar-refractivity contribution in [3.8, 4) is 0 Å². The third kappa shape index (κ3) is 19.6. The Labute approximate surface area is 597 Å². The topological polar surface area (TPSA) is 247 Å². The Bertz CT molecular complexity index is 3240. The molecule has 0 amide bonds. The number of benzene rings is 4. The van der Waals surface area contributed by atoms with Gasteiger partial charge in [0.2, 0.25) is 0 Å². The molecule has 0 N–H and O–H groups in total. The maximum atomic E-state index is 13.4. The van der Waals surface area contributed by atoms with E-state index in [2.05, 4.69) is 52.6 Å². The molecule has 532 valence electrons. The molecule has 0 aliphatic heterocycles. The maximum absolute atomic E-state index is 13.4. The van der Waals surface area contributed by atoms with Gasteiger partial charge in [-0.1, -0.05) is 116 Å². The molecule has 0 atom stereocenters. The van der Waals surface area contributed by atoms with E-state index in [9.17, 15) is 38.4 Å². The summed E-state index contributed by atoms with van der Waals surface area (Å²) in [4.78, 5) is 148. The molecule has 4 aromatic carbocycles. The smallest absolute Gasteiger partial charge is 0.428 e. The molecule has 101 heavy (non-hydrogen) atoms. The van der Waals surface area contributed by atoms with Crippen LogP contribution < -0.4 is 20.7 Å². The van der Waals surface area contributed by atoms with Gasteiger partial charge in [0.05, 0.1) is 22.3 Å². The quantitative estimate of drug-likeness (QED) is 0.0208. The summed E-state index contributed by atoms with van der Waals surface area (Å²) >= 11 is 0. The van der Waals surface area contributed by atoms with E-state index in [-0.39, 0.29) is 45.9 Å². The Morgan fingerprint density at radius 3 is 0.644 bits per heavy atom. The number of carbonyl (C=O) groups is 8. The third-order valence-corrected chi connectivity index (χ3v) is 27.6. The first-order valence-corrected chi connectivity index (χ1v) is 40.5. The molecule has 4 fully saturated rings. The van der Waals surface area contributed by atoms with Gasteiger partial charge in [-0.15, -0.1) is 52.6 Å². The molecule has 20 nitrogen and oxygen atoms in total. The summed E-state index contributed by atoms with van der Waals surface area (Å²) in [7, 11) is -6.21. The highest BCUT2D eigenvalue weighted by molar-refractivity contribution is 6.84. The molecule has 4 radical (unpaired) electrons. The van der Waals surface area contributed by atoms with Gasteiger partial charge in [-0.25, -0.2) is 58.3 Å². The van der Waals surface area contributed by atoms with Crippen LogP contribution in [0.1, 0.15) is 166 Å². The lowest BCUT2D eigenvalue weighted by atomic mass is 9.45. The molecule has 0 spiro atoms. The lowest BCUT2D eigenvalue weighted by molar-refractivity contribution is -0.213. The minimum atomic E-state index is -1.55. The van der Waals surface area contributed by atoms with Gasteiger partial charge in [0.1, 0.15) is 59.6 Å². The van der Waals surface area contributed by atoms with Gasteiger partial charge in [-0.05, 0) is 205 Å². The summed E-state index contributed by atoms with van der Waals surface area (Å²) in [6.45, 7) is 38.8. The minimum absolute atomic E-state index is 0.00511. The Hall–Kier alpha value is -9.37. The lowest BCUT2D eigenvalue weighted by Crippen LogP contribution is -2.54. The van der Waals surface area contributed by atoms with Crippen molar-refractivity contribution in [1.82, 2.24) is 0 Å². The molecule has 8 rings (SSSR count). The molecule has 0 saturated heterocycles. The van der Waals surface area contributed by atoms with E-state index in [4.69, 9.17) is 58.0 Å². The molecular formula is C77H88O20Si4. The van der Waals surface area contributed by atoms with Gasteiger partial charge in [0, 0.05) is 0 Å². The van der Waals surface area contributed by atoms with Crippen molar-refractivity contribution in [2.45, 2.75) is 155 Å². The van der Waals surface area contributed by atoms with Gasteiger partial charge >= 0.3 is 48.5 Å². The second-order valence-electron chi connectivity index (χ2n) is 25.8. The van der Waals surface area contributed by atoms with Crippen molar-refractivity contribution in [2.75, 3.05) is 0 Å². The summed E-state index contributed by atoms with van der Waals surface area (Å²) in [5.41, 5.74) is 17.9.